The molecule has 0 saturated carbocycles. The Morgan fingerprint density at radius 2 is 1.45 bits per heavy atom. The van der Waals surface area contributed by atoms with Gasteiger partial charge in [-0.3, -0.25) is 14.6 Å². The maximum atomic E-state index is 14.2. The maximum absolute atomic E-state index is 14.2. The topological polar surface area (TPSA) is 177 Å². The molecule has 256 valence electrons. The maximum Gasteiger partial charge on any atom is 0.229 e. The van der Waals surface area contributed by atoms with Crippen molar-refractivity contribution in [3.05, 3.63) is 51.9 Å². The molecule has 3 fully saturated rings. The third-order valence-corrected chi connectivity index (χ3v) is 10.2. The van der Waals surface area contributed by atoms with Crippen molar-refractivity contribution in [2.24, 2.45) is 0 Å². The van der Waals surface area contributed by atoms with Gasteiger partial charge in [0.2, 0.25) is 11.7 Å². The average Bonchev–Trinajstić information content (AvgIpc) is 3.07. The van der Waals surface area contributed by atoms with Crippen LogP contribution in [0.15, 0.2) is 39.7 Å². The molecule has 3 aromatic rings. The van der Waals surface area contributed by atoms with Crippen LogP contribution in [0.2, 0.25) is 0 Å². The number of aliphatic hydroxyl groups is 4. The summed E-state index contributed by atoms with van der Waals surface area (Å²) in [6.45, 7) is 6.12. The summed E-state index contributed by atoms with van der Waals surface area (Å²) in [5, 5.41) is 63.3. The molecule has 4 heterocycles. The largest absolute Gasteiger partial charge is 0.507 e. The fourth-order valence-corrected chi connectivity index (χ4v) is 7.16. The number of benzene rings is 2. The molecule has 0 unspecified atom stereocenters. The number of phenolic OH excluding ortho intramolecular Hbond substituents is 2. The molecule has 3 aliphatic heterocycles. The number of nitrogens with zero attached hydrogens (tertiary/aromatic N) is 2. The lowest BCUT2D eigenvalue weighted by Crippen LogP contribution is -2.60. The number of likely N-dealkylation sites (tertiary alicyclic amines) is 2. The van der Waals surface area contributed by atoms with Gasteiger partial charge in [-0.15, -0.1) is 0 Å². The molecule has 12 nitrogen and oxygen atoms in total. The van der Waals surface area contributed by atoms with Gasteiger partial charge in [0.1, 0.15) is 58.9 Å². The van der Waals surface area contributed by atoms with E-state index in [0.29, 0.717) is 35.8 Å². The van der Waals surface area contributed by atoms with Crippen LogP contribution in [-0.4, -0.2) is 103 Å². The Kier molecular flexibility index (Phi) is 10.1. The third-order valence-electron chi connectivity index (χ3n) is 10.2. The molecule has 1 aromatic heterocycles. The second kappa shape index (κ2) is 14.1. The summed E-state index contributed by atoms with van der Waals surface area (Å²) in [7, 11) is 0. The number of piperidine rings is 2. The zero-order chi connectivity index (χ0) is 33.4. The van der Waals surface area contributed by atoms with E-state index >= 15 is 0 Å². The van der Waals surface area contributed by atoms with Gasteiger partial charge in [-0.2, -0.15) is 0 Å². The fraction of sp³-hybridized carbons (Fsp3) is 0.571. The van der Waals surface area contributed by atoms with E-state index < -0.39 is 42.7 Å². The Bertz CT molecular complexity index is 1610. The smallest absolute Gasteiger partial charge is 0.229 e. The van der Waals surface area contributed by atoms with E-state index in [2.05, 4.69) is 23.6 Å². The molecular weight excluding hydrogens is 608 g/mol. The molecule has 6 N–H and O–H groups in total. The summed E-state index contributed by atoms with van der Waals surface area (Å²) < 4.78 is 17.2. The Hall–Kier alpha value is -3.23. The lowest BCUT2D eigenvalue weighted by atomic mass is 9.96. The lowest BCUT2D eigenvalue weighted by molar-refractivity contribution is -0.277. The van der Waals surface area contributed by atoms with Crippen LogP contribution >= 0.6 is 0 Å². The highest BCUT2D eigenvalue weighted by Crippen LogP contribution is 2.42. The molecule has 7 atom stereocenters. The van der Waals surface area contributed by atoms with Crippen LogP contribution in [-0.2, 0) is 17.8 Å². The first-order valence-corrected chi connectivity index (χ1v) is 16.7. The molecule has 47 heavy (non-hydrogen) atoms. The van der Waals surface area contributed by atoms with E-state index in [-0.39, 0.29) is 39.8 Å². The minimum absolute atomic E-state index is 0.0290. The van der Waals surface area contributed by atoms with Gasteiger partial charge in [-0.05, 0) is 70.3 Å². The number of aromatic hydroxyl groups is 2. The summed E-state index contributed by atoms with van der Waals surface area (Å²) in [6, 6.07) is 6.89. The van der Waals surface area contributed by atoms with E-state index in [1.807, 2.05) is 0 Å². The number of hydrogen-bond donors (Lipinski definition) is 6. The van der Waals surface area contributed by atoms with Crippen molar-refractivity contribution in [3.8, 4) is 28.4 Å². The minimum atomic E-state index is -1.58. The van der Waals surface area contributed by atoms with Crippen molar-refractivity contribution in [3.63, 3.8) is 0 Å². The molecular formula is C35H46N2O10. The van der Waals surface area contributed by atoms with Gasteiger partial charge < -0.3 is 44.5 Å². The van der Waals surface area contributed by atoms with Crippen molar-refractivity contribution in [1.82, 2.24) is 9.80 Å². The highest BCUT2D eigenvalue weighted by molar-refractivity contribution is 5.92. The van der Waals surface area contributed by atoms with Crippen molar-refractivity contribution >= 4 is 11.0 Å². The molecule has 12 heteroatoms. The third kappa shape index (κ3) is 6.60. The van der Waals surface area contributed by atoms with E-state index in [4.69, 9.17) is 13.9 Å². The molecule has 6 rings (SSSR count). The molecule has 3 saturated heterocycles. The molecule has 0 spiro atoms. The van der Waals surface area contributed by atoms with Gasteiger partial charge in [0, 0.05) is 25.2 Å². The molecule has 3 aliphatic rings. The molecule has 0 aliphatic carbocycles. The van der Waals surface area contributed by atoms with Gasteiger partial charge >= 0.3 is 0 Å². The molecule has 0 radical (unpaired) electrons. The van der Waals surface area contributed by atoms with Crippen LogP contribution in [0.1, 0.15) is 63.5 Å². The van der Waals surface area contributed by atoms with E-state index in [0.717, 1.165) is 51.6 Å². The van der Waals surface area contributed by atoms with Gasteiger partial charge in [0.05, 0.1) is 23.3 Å². The zero-order valence-corrected chi connectivity index (χ0v) is 26.9. The summed E-state index contributed by atoms with van der Waals surface area (Å²) in [5.41, 5.74) is 1.24. The zero-order valence-electron chi connectivity index (χ0n) is 26.9. The number of rotatable bonds is 8. The summed E-state index contributed by atoms with van der Waals surface area (Å²) in [5.74, 6) is -0.0630. The molecule has 0 amide bonds. The van der Waals surface area contributed by atoms with Crippen LogP contribution in [0.5, 0.6) is 17.2 Å². The normalized spacial score (nSPS) is 29.3. The second-order valence-corrected chi connectivity index (χ2v) is 13.3. The van der Waals surface area contributed by atoms with Gasteiger partial charge in [-0.1, -0.05) is 25.0 Å². The second-order valence-electron chi connectivity index (χ2n) is 13.3. The first kappa shape index (κ1) is 33.7. The van der Waals surface area contributed by atoms with E-state index in [1.165, 1.54) is 6.26 Å². The van der Waals surface area contributed by atoms with Crippen molar-refractivity contribution < 1.29 is 44.5 Å². The van der Waals surface area contributed by atoms with Gasteiger partial charge in [0.15, 0.2) is 0 Å². The van der Waals surface area contributed by atoms with Crippen LogP contribution in [0.25, 0.3) is 22.1 Å². The minimum Gasteiger partial charge on any atom is -0.507 e. The van der Waals surface area contributed by atoms with Crippen LogP contribution in [0.4, 0.5) is 0 Å². The predicted octanol–water partition coefficient (Wildman–Crippen LogP) is 2.80. The first-order valence-electron chi connectivity index (χ1n) is 16.7. The fourth-order valence-electron chi connectivity index (χ4n) is 7.16. The van der Waals surface area contributed by atoms with Gasteiger partial charge in [-0.25, -0.2) is 0 Å². The van der Waals surface area contributed by atoms with Crippen molar-refractivity contribution in [2.45, 2.75) is 108 Å². The van der Waals surface area contributed by atoms with Crippen molar-refractivity contribution in [1.29, 1.82) is 0 Å². The van der Waals surface area contributed by atoms with Gasteiger partial charge in [0.25, 0.3) is 0 Å². The Morgan fingerprint density at radius 1 is 0.830 bits per heavy atom. The first-order chi connectivity index (χ1) is 22.6. The van der Waals surface area contributed by atoms with E-state index in [9.17, 15) is 35.4 Å². The van der Waals surface area contributed by atoms with Crippen LogP contribution in [0, 0.1) is 0 Å². The molecule has 2 aromatic carbocycles. The van der Waals surface area contributed by atoms with Crippen molar-refractivity contribution in [2.75, 3.05) is 19.7 Å². The molecule has 0 bridgehead atoms. The number of aliphatic hydroxyl groups excluding tert-OH is 4. The lowest BCUT2D eigenvalue weighted by Gasteiger charge is -2.39. The Labute approximate surface area is 273 Å². The average molecular weight is 655 g/mol. The predicted molar refractivity (Wildman–Crippen MR) is 173 cm³/mol. The summed E-state index contributed by atoms with van der Waals surface area (Å²) in [4.78, 5) is 18.7. The Balaban J connectivity index is 1.36. The highest BCUT2D eigenvalue weighted by atomic mass is 16.7. The SMILES string of the molecule is C[C@@H]1CCCCN1Cc1c(O)c(CN2CCCC[C@@H]2C)c(O)c2c(=O)c(-c3ccc(O[C@H]4O[C@@H](CO)[C@H](O)[C@@H](O)[C@@H]4O)cc3)coc12. The quantitative estimate of drug-likeness (QED) is 0.210. The van der Waals surface area contributed by atoms with Crippen LogP contribution in [0.3, 0.4) is 0 Å². The summed E-state index contributed by atoms with van der Waals surface area (Å²) in [6.07, 6.45) is 0.634. The standard InChI is InChI=1S/C35H46N2O10/c1-19-7-3-5-13-36(19)15-23-28(39)24(16-37-14-6-4-8-20(37)2)34-27(29(23)40)30(41)25(18-45-34)21-9-11-22(12-10-21)46-35-33(44)32(43)31(42)26(17-38)47-35/h9-12,18-20,26,31-33,35,38-40,42-44H,3-8,13-17H2,1-2H3/t19-,20+,26-,31-,32+,33-,35-/m0/s1. The number of phenols is 2. The monoisotopic (exact) mass is 654 g/mol. The number of fused-ring (bicyclic) bond motifs is 1. The summed E-state index contributed by atoms with van der Waals surface area (Å²) >= 11 is 0. The van der Waals surface area contributed by atoms with E-state index in [1.54, 1.807) is 24.3 Å². The van der Waals surface area contributed by atoms with Crippen LogP contribution < -0.4 is 10.2 Å². The number of ether oxygens (including phenoxy) is 2. The highest BCUT2D eigenvalue weighted by Gasteiger charge is 2.44. The Morgan fingerprint density at radius 3 is 2.04 bits per heavy atom. The number of hydrogen-bond acceptors (Lipinski definition) is 12.